The second-order valence-electron chi connectivity index (χ2n) is 12.0. The number of hydrogen-bond acceptors (Lipinski definition) is 2. The van der Waals surface area contributed by atoms with Crippen molar-refractivity contribution in [3.05, 3.63) is 163 Å². The average molecular weight is 578 g/mol. The molecule has 2 aliphatic rings. The van der Waals surface area contributed by atoms with Crippen molar-refractivity contribution in [3.8, 4) is 22.3 Å². The molecule has 0 N–H and O–H groups in total. The molecule has 0 amide bonds. The Hall–Kier alpha value is -5.05. The third-order valence-corrected chi connectivity index (χ3v) is 11.1. The molecule has 0 fully saturated rings. The minimum Gasteiger partial charge on any atom is -0.327 e. The van der Waals surface area contributed by atoms with Crippen LogP contribution >= 0.6 is 11.8 Å². The van der Waals surface area contributed by atoms with E-state index in [0.717, 1.165) is 0 Å². The van der Waals surface area contributed by atoms with E-state index in [4.69, 9.17) is 0 Å². The van der Waals surface area contributed by atoms with Crippen LogP contribution in [0.4, 0.5) is 11.4 Å². The van der Waals surface area contributed by atoms with Crippen molar-refractivity contribution in [2.24, 2.45) is 0 Å². The highest BCUT2D eigenvalue weighted by Crippen LogP contribution is 2.59. The highest BCUT2D eigenvalue weighted by Gasteiger charge is 2.45. The van der Waals surface area contributed by atoms with Crippen LogP contribution in [0.5, 0.6) is 0 Å². The zero-order valence-electron chi connectivity index (χ0n) is 23.9. The van der Waals surface area contributed by atoms with Crippen LogP contribution in [0.3, 0.4) is 0 Å². The van der Waals surface area contributed by atoms with Gasteiger partial charge in [0, 0.05) is 22.2 Å². The Morgan fingerprint density at radius 2 is 1.02 bits per heavy atom. The smallest absolute Gasteiger partial charge is 0.0955 e. The number of benzene rings is 8. The third kappa shape index (κ3) is 3.38. The summed E-state index contributed by atoms with van der Waals surface area (Å²) in [4.78, 5) is 3.96. The highest BCUT2D eigenvalue weighted by molar-refractivity contribution is 8.00. The van der Waals surface area contributed by atoms with Crippen molar-refractivity contribution >= 4 is 55.5 Å². The molecule has 2 atom stereocenters. The standard InChI is InChI=1S/C42H27NS/c1-2-8-26(9-3-1)31-22-16-28-19-25-34-32(23-17-29-18-24-33(31)39(28)40(29)34)27-14-20-30(21-15-27)43-37-12-6-4-10-35(37)41-36-11-5-7-13-38(36)44-42(41)43/h1-25,41-42H. The van der Waals surface area contributed by atoms with Gasteiger partial charge in [-0.2, -0.15) is 0 Å². The molecule has 2 heteroatoms. The fourth-order valence-electron chi connectivity index (χ4n) is 7.84. The van der Waals surface area contributed by atoms with Gasteiger partial charge in [0.2, 0.25) is 0 Å². The third-order valence-electron chi connectivity index (χ3n) is 9.78. The second kappa shape index (κ2) is 9.22. The van der Waals surface area contributed by atoms with Crippen LogP contribution in [-0.4, -0.2) is 5.37 Å². The molecule has 0 radical (unpaired) electrons. The van der Waals surface area contributed by atoms with E-state index >= 15 is 0 Å². The summed E-state index contributed by atoms with van der Waals surface area (Å²) < 4.78 is 0. The van der Waals surface area contributed by atoms with Crippen molar-refractivity contribution < 1.29 is 0 Å². The Labute approximate surface area is 260 Å². The van der Waals surface area contributed by atoms with E-state index < -0.39 is 0 Å². The van der Waals surface area contributed by atoms with E-state index in [1.807, 2.05) is 11.8 Å². The predicted octanol–water partition coefficient (Wildman–Crippen LogP) is 11.6. The first-order chi connectivity index (χ1) is 21.8. The summed E-state index contributed by atoms with van der Waals surface area (Å²) in [5.41, 5.74) is 10.5. The topological polar surface area (TPSA) is 3.24 Å². The van der Waals surface area contributed by atoms with E-state index in [0.29, 0.717) is 11.3 Å². The zero-order chi connectivity index (χ0) is 28.8. The Kier molecular flexibility index (Phi) is 5.11. The molecule has 0 aromatic heterocycles. The summed E-state index contributed by atoms with van der Waals surface area (Å²) in [6.45, 7) is 0. The molecule has 8 aromatic carbocycles. The fraction of sp³-hybridized carbons (Fsp3) is 0.0476. The first-order valence-electron chi connectivity index (χ1n) is 15.3. The van der Waals surface area contributed by atoms with E-state index in [9.17, 15) is 0 Å². The number of thioether (sulfide) groups is 1. The quantitative estimate of drug-likeness (QED) is 0.192. The zero-order valence-corrected chi connectivity index (χ0v) is 24.8. The van der Waals surface area contributed by atoms with Gasteiger partial charge in [-0.3, -0.25) is 0 Å². The molecule has 2 aliphatic heterocycles. The van der Waals surface area contributed by atoms with Gasteiger partial charge < -0.3 is 4.90 Å². The van der Waals surface area contributed by atoms with Gasteiger partial charge in [0.15, 0.2) is 0 Å². The summed E-state index contributed by atoms with van der Waals surface area (Å²) in [6.07, 6.45) is 0. The molecule has 0 saturated carbocycles. The Bertz CT molecular complexity index is 2370. The minimum absolute atomic E-state index is 0.337. The van der Waals surface area contributed by atoms with Crippen LogP contribution in [0.15, 0.2) is 157 Å². The predicted molar refractivity (Wildman–Crippen MR) is 188 cm³/mol. The summed E-state index contributed by atoms with van der Waals surface area (Å²) in [5, 5.41) is 8.27. The molecular formula is C42H27NS. The SMILES string of the molecule is c1ccc(-c2ccc3ccc4c(-c5ccc(N6c7ccccc7C7c8ccccc8SC76)cc5)ccc5ccc2c3c54)cc1. The fourth-order valence-corrected chi connectivity index (χ4v) is 9.35. The molecular weight excluding hydrogens is 551 g/mol. The molecule has 0 bridgehead atoms. The molecule has 0 spiro atoms. The van der Waals surface area contributed by atoms with E-state index in [2.05, 4.69) is 157 Å². The molecule has 0 saturated heterocycles. The summed E-state index contributed by atoms with van der Waals surface area (Å²) in [5.74, 6) is 0.394. The maximum absolute atomic E-state index is 2.56. The molecule has 2 unspecified atom stereocenters. The van der Waals surface area contributed by atoms with Crippen LogP contribution < -0.4 is 4.90 Å². The van der Waals surface area contributed by atoms with Crippen LogP contribution in [-0.2, 0) is 0 Å². The van der Waals surface area contributed by atoms with Gasteiger partial charge in [-0.15, -0.1) is 0 Å². The highest BCUT2D eigenvalue weighted by atomic mass is 32.2. The molecule has 10 rings (SSSR count). The lowest BCUT2D eigenvalue weighted by molar-refractivity contribution is 0.818. The monoisotopic (exact) mass is 577 g/mol. The number of para-hydroxylation sites is 1. The van der Waals surface area contributed by atoms with E-state index in [1.54, 1.807) is 0 Å². The molecule has 206 valence electrons. The van der Waals surface area contributed by atoms with E-state index in [1.165, 1.54) is 82.0 Å². The van der Waals surface area contributed by atoms with Crippen LogP contribution in [0.1, 0.15) is 17.0 Å². The Morgan fingerprint density at radius 3 is 1.73 bits per heavy atom. The number of fused-ring (bicyclic) bond motifs is 5. The van der Waals surface area contributed by atoms with Gasteiger partial charge in [-0.05, 0) is 90.0 Å². The molecule has 8 aromatic rings. The largest absolute Gasteiger partial charge is 0.327 e. The van der Waals surface area contributed by atoms with Crippen molar-refractivity contribution in [3.63, 3.8) is 0 Å². The average Bonchev–Trinajstić information content (AvgIpc) is 3.62. The molecule has 44 heavy (non-hydrogen) atoms. The van der Waals surface area contributed by atoms with Crippen LogP contribution in [0, 0.1) is 0 Å². The van der Waals surface area contributed by atoms with Crippen LogP contribution in [0.2, 0.25) is 0 Å². The van der Waals surface area contributed by atoms with E-state index in [-0.39, 0.29) is 0 Å². The second-order valence-corrected chi connectivity index (χ2v) is 13.2. The van der Waals surface area contributed by atoms with Crippen molar-refractivity contribution in [2.45, 2.75) is 16.2 Å². The van der Waals surface area contributed by atoms with Crippen molar-refractivity contribution in [1.29, 1.82) is 0 Å². The first kappa shape index (κ1) is 24.4. The molecule has 2 heterocycles. The van der Waals surface area contributed by atoms with Crippen LogP contribution in [0.25, 0.3) is 54.6 Å². The normalized spacial score (nSPS) is 17.0. The number of rotatable bonds is 3. The van der Waals surface area contributed by atoms with Gasteiger partial charge in [-0.25, -0.2) is 0 Å². The maximum atomic E-state index is 2.56. The van der Waals surface area contributed by atoms with Crippen molar-refractivity contribution in [2.75, 3.05) is 4.90 Å². The minimum atomic E-state index is 0.337. The molecule has 0 aliphatic carbocycles. The number of nitrogens with zero attached hydrogens (tertiary/aromatic N) is 1. The maximum Gasteiger partial charge on any atom is 0.0955 e. The Morgan fingerprint density at radius 1 is 0.455 bits per heavy atom. The lowest BCUT2D eigenvalue weighted by Crippen LogP contribution is -2.24. The first-order valence-corrected chi connectivity index (χ1v) is 16.2. The van der Waals surface area contributed by atoms with Gasteiger partial charge in [-0.1, -0.05) is 139 Å². The lowest BCUT2D eigenvalue weighted by atomic mass is 9.87. The summed E-state index contributed by atoms with van der Waals surface area (Å²) in [7, 11) is 0. The summed E-state index contributed by atoms with van der Waals surface area (Å²) in [6, 6.07) is 56.3. The van der Waals surface area contributed by atoms with Crippen molar-refractivity contribution in [1.82, 2.24) is 0 Å². The lowest BCUT2D eigenvalue weighted by Gasteiger charge is -2.26. The summed E-state index contributed by atoms with van der Waals surface area (Å²) >= 11 is 2.00. The molecule has 1 nitrogen and oxygen atoms in total. The van der Waals surface area contributed by atoms with Gasteiger partial charge in [0.1, 0.15) is 0 Å². The van der Waals surface area contributed by atoms with Gasteiger partial charge in [0.25, 0.3) is 0 Å². The number of hydrogen-bond donors (Lipinski definition) is 0. The van der Waals surface area contributed by atoms with Gasteiger partial charge >= 0.3 is 0 Å². The Balaban J connectivity index is 1.10. The number of anilines is 2. The van der Waals surface area contributed by atoms with Gasteiger partial charge in [0.05, 0.1) is 5.37 Å².